The molecule has 1 aliphatic heterocycles. The SMILES string of the molecule is COc1cc(C[C@@H]2CO[C@@H](O)[C@@]2(O)Cc2ccc(O)c(OC)c2)ccc1O. The van der Waals surface area contributed by atoms with E-state index in [1.54, 1.807) is 24.3 Å². The summed E-state index contributed by atoms with van der Waals surface area (Å²) in [5.41, 5.74) is 0.0339. The highest BCUT2D eigenvalue weighted by Gasteiger charge is 2.49. The number of hydrogen-bond acceptors (Lipinski definition) is 7. The number of rotatable bonds is 6. The van der Waals surface area contributed by atoms with Crippen molar-refractivity contribution in [2.45, 2.75) is 24.7 Å². The second-order valence-corrected chi connectivity index (χ2v) is 6.77. The zero-order valence-electron chi connectivity index (χ0n) is 15.3. The van der Waals surface area contributed by atoms with Crippen LogP contribution in [0.1, 0.15) is 11.1 Å². The maximum absolute atomic E-state index is 11.2. The number of ether oxygens (including phenoxy) is 3. The van der Waals surface area contributed by atoms with Gasteiger partial charge in [-0.15, -0.1) is 0 Å². The Hall–Kier alpha value is -2.48. The standard InChI is InChI=1S/C20H24O7/c1-25-17-8-12(3-5-15(17)21)7-14-11-27-19(23)20(14,24)10-13-4-6-16(22)18(9-13)26-2/h3-6,8-9,14,19,21-24H,7,10-11H2,1-2H3/t14-,19-,20-/m1/s1. The van der Waals surface area contributed by atoms with Gasteiger partial charge in [-0.1, -0.05) is 12.1 Å². The first-order valence-electron chi connectivity index (χ1n) is 8.61. The van der Waals surface area contributed by atoms with E-state index in [0.717, 1.165) is 5.56 Å². The average molecular weight is 376 g/mol. The Balaban J connectivity index is 1.83. The molecule has 2 aromatic rings. The van der Waals surface area contributed by atoms with Crippen molar-refractivity contribution in [2.24, 2.45) is 5.92 Å². The summed E-state index contributed by atoms with van der Waals surface area (Å²) in [4.78, 5) is 0. The molecule has 7 nitrogen and oxygen atoms in total. The summed E-state index contributed by atoms with van der Waals surface area (Å²) in [7, 11) is 2.91. The van der Waals surface area contributed by atoms with E-state index < -0.39 is 11.9 Å². The minimum absolute atomic E-state index is 0.00389. The van der Waals surface area contributed by atoms with Crippen molar-refractivity contribution in [2.75, 3.05) is 20.8 Å². The van der Waals surface area contributed by atoms with Gasteiger partial charge in [0.25, 0.3) is 0 Å². The predicted molar refractivity (Wildman–Crippen MR) is 97.1 cm³/mol. The largest absolute Gasteiger partial charge is 0.504 e. The van der Waals surface area contributed by atoms with Gasteiger partial charge in [0.2, 0.25) is 0 Å². The topological polar surface area (TPSA) is 109 Å². The fourth-order valence-corrected chi connectivity index (χ4v) is 3.46. The molecule has 0 saturated carbocycles. The summed E-state index contributed by atoms with van der Waals surface area (Å²) in [6.45, 7) is 0.191. The van der Waals surface area contributed by atoms with Crippen LogP contribution in [0.2, 0.25) is 0 Å². The molecule has 4 N–H and O–H groups in total. The lowest BCUT2D eigenvalue weighted by molar-refractivity contribution is -0.163. The van der Waals surface area contributed by atoms with Gasteiger partial charge >= 0.3 is 0 Å². The van der Waals surface area contributed by atoms with Gasteiger partial charge in [0.05, 0.1) is 20.8 Å². The van der Waals surface area contributed by atoms with Crippen molar-refractivity contribution in [1.29, 1.82) is 0 Å². The second-order valence-electron chi connectivity index (χ2n) is 6.77. The van der Waals surface area contributed by atoms with Crippen LogP contribution in [0, 0.1) is 5.92 Å². The van der Waals surface area contributed by atoms with E-state index in [-0.39, 0.29) is 30.4 Å². The number of methoxy groups -OCH3 is 2. The molecule has 0 unspecified atom stereocenters. The van der Waals surface area contributed by atoms with Crippen molar-refractivity contribution < 1.29 is 34.6 Å². The Morgan fingerprint density at radius 1 is 1.00 bits per heavy atom. The predicted octanol–water partition coefficient (Wildman–Crippen LogP) is 1.60. The molecule has 0 aliphatic carbocycles. The fraction of sp³-hybridized carbons (Fsp3) is 0.400. The molecule has 0 radical (unpaired) electrons. The van der Waals surface area contributed by atoms with Crippen LogP contribution in [0.5, 0.6) is 23.0 Å². The van der Waals surface area contributed by atoms with Gasteiger partial charge in [-0.05, 0) is 41.8 Å². The molecule has 1 saturated heterocycles. The van der Waals surface area contributed by atoms with Gasteiger partial charge in [0, 0.05) is 12.3 Å². The van der Waals surface area contributed by atoms with Gasteiger partial charge in [0.1, 0.15) is 5.60 Å². The second kappa shape index (κ2) is 7.64. The molecule has 146 valence electrons. The van der Waals surface area contributed by atoms with Gasteiger partial charge in [-0.3, -0.25) is 0 Å². The average Bonchev–Trinajstić information content (AvgIpc) is 2.92. The monoisotopic (exact) mass is 376 g/mol. The van der Waals surface area contributed by atoms with E-state index in [0.29, 0.717) is 23.5 Å². The fourth-order valence-electron chi connectivity index (χ4n) is 3.46. The van der Waals surface area contributed by atoms with Crippen LogP contribution in [0.25, 0.3) is 0 Å². The number of benzene rings is 2. The van der Waals surface area contributed by atoms with Crippen LogP contribution in [-0.4, -0.2) is 53.1 Å². The summed E-state index contributed by atoms with van der Waals surface area (Å²) in [5, 5.41) is 40.9. The molecule has 1 aliphatic rings. The molecule has 0 amide bonds. The number of aromatic hydroxyl groups is 2. The summed E-state index contributed by atoms with van der Waals surface area (Å²) in [6.07, 6.45) is -0.772. The summed E-state index contributed by atoms with van der Waals surface area (Å²) in [5.74, 6) is 0.309. The highest BCUT2D eigenvalue weighted by atomic mass is 16.6. The zero-order chi connectivity index (χ0) is 19.6. The molecular formula is C20H24O7. The number of hydrogen-bond donors (Lipinski definition) is 4. The van der Waals surface area contributed by atoms with Crippen LogP contribution in [0.3, 0.4) is 0 Å². The molecular weight excluding hydrogens is 352 g/mol. The molecule has 27 heavy (non-hydrogen) atoms. The third kappa shape index (κ3) is 3.80. The third-order valence-electron chi connectivity index (χ3n) is 5.05. The number of phenolic OH excluding ortho intramolecular Hbond substituents is 2. The van der Waals surface area contributed by atoms with Crippen LogP contribution < -0.4 is 9.47 Å². The quantitative estimate of drug-likeness (QED) is 0.606. The Morgan fingerprint density at radius 3 is 2.15 bits per heavy atom. The highest BCUT2D eigenvalue weighted by molar-refractivity contribution is 5.43. The summed E-state index contributed by atoms with van der Waals surface area (Å²) in [6, 6.07) is 9.75. The van der Waals surface area contributed by atoms with Gasteiger partial charge in [-0.2, -0.15) is 0 Å². The van der Waals surface area contributed by atoms with Crippen molar-refractivity contribution in [3.8, 4) is 23.0 Å². The molecule has 3 atom stereocenters. The lowest BCUT2D eigenvalue weighted by Gasteiger charge is -2.31. The molecule has 0 spiro atoms. The molecule has 0 bridgehead atoms. The molecule has 2 aromatic carbocycles. The summed E-state index contributed by atoms with van der Waals surface area (Å²) < 4.78 is 15.6. The smallest absolute Gasteiger partial charge is 0.184 e. The first kappa shape index (κ1) is 19.3. The minimum Gasteiger partial charge on any atom is -0.504 e. The van der Waals surface area contributed by atoms with Crippen LogP contribution >= 0.6 is 0 Å². The zero-order valence-corrected chi connectivity index (χ0v) is 15.3. The number of phenols is 2. The van der Waals surface area contributed by atoms with E-state index >= 15 is 0 Å². The Morgan fingerprint density at radius 2 is 1.56 bits per heavy atom. The van der Waals surface area contributed by atoms with Crippen molar-refractivity contribution >= 4 is 0 Å². The Kier molecular flexibility index (Phi) is 5.46. The van der Waals surface area contributed by atoms with E-state index in [2.05, 4.69) is 0 Å². The van der Waals surface area contributed by atoms with E-state index in [1.807, 2.05) is 0 Å². The Labute approximate surface area is 157 Å². The molecule has 1 heterocycles. The third-order valence-corrected chi connectivity index (χ3v) is 5.05. The molecule has 7 heteroatoms. The number of aliphatic hydroxyl groups is 2. The van der Waals surface area contributed by atoms with Gasteiger partial charge in [0.15, 0.2) is 29.3 Å². The summed E-state index contributed by atoms with van der Waals surface area (Å²) >= 11 is 0. The van der Waals surface area contributed by atoms with Crippen molar-refractivity contribution in [3.63, 3.8) is 0 Å². The van der Waals surface area contributed by atoms with Crippen LogP contribution in [-0.2, 0) is 17.6 Å². The Bertz CT molecular complexity index is 807. The van der Waals surface area contributed by atoms with Crippen LogP contribution in [0.4, 0.5) is 0 Å². The molecule has 0 aromatic heterocycles. The van der Waals surface area contributed by atoms with E-state index in [9.17, 15) is 20.4 Å². The highest BCUT2D eigenvalue weighted by Crippen LogP contribution is 2.38. The minimum atomic E-state index is -1.51. The lowest BCUT2D eigenvalue weighted by Crippen LogP contribution is -2.46. The maximum Gasteiger partial charge on any atom is 0.184 e. The number of aliphatic hydroxyl groups excluding tert-OH is 1. The first-order chi connectivity index (χ1) is 12.9. The van der Waals surface area contributed by atoms with E-state index in [4.69, 9.17) is 14.2 Å². The molecule has 1 fully saturated rings. The first-order valence-corrected chi connectivity index (χ1v) is 8.61. The van der Waals surface area contributed by atoms with E-state index in [1.165, 1.54) is 26.4 Å². The van der Waals surface area contributed by atoms with Crippen LogP contribution in [0.15, 0.2) is 36.4 Å². The van der Waals surface area contributed by atoms with Gasteiger partial charge < -0.3 is 34.6 Å². The van der Waals surface area contributed by atoms with Crippen molar-refractivity contribution in [1.82, 2.24) is 0 Å². The normalized spacial score (nSPS) is 24.7. The van der Waals surface area contributed by atoms with Crippen molar-refractivity contribution in [3.05, 3.63) is 47.5 Å². The lowest BCUT2D eigenvalue weighted by atomic mass is 9.80. The maximum atomic E-state index is 11.2. The molecule has 3 rings (SSSR count). The van der Waals surface area contributed by atoms with Gasteiger partial charge in [-0.25, -0.2) is 0 Å².